The Kier molecular flexibility index (Phi) is 4.83. The molecule has 1 aromatic heterocycles. The summed E-state index contributed by atoms with van der Waals surface area (Å²) in [5.41, 5.74) is -0.680. The fourth-order valence-corrected chi connectivity index (χ4v) is 2.32. The molecule has 0 aromatic carbocycles. The zero-order chi connectivity index (χ0) is 15.5. The number of hydrogen-bond acceptors (Lipinski definition) is 6. The van der Waals surface area contributed by atoms with E-state index in [2.05, 4.69) is 0 Å². The molecule has 0 bridgehead atoms. The van der Waals surface area contributed by atoms with Crippen molar-refractivity contribution in [3.8, 4) is 0 Å². The van der Waals surface area contributed by atoms with Gasteiger partial charge in [-0.15, -0.1) is 0 Å². The van der Waals surface area contributed by atoms with Crippen LogP contribution in [0.25, 0.3) is 0 Å². The Morgan fingerprint density at radius 1 is 1.50 bits per heavy atom. The van der Waals surface area contributed by atoms with Gasteiger partial charge in [0.25, 0.3) is 0 Å². The highest BCUT2D eigenvalue weighted by molar-refractivity contribution is 7.15. The molecule has 0 spiro atoms. The van der Waals surface area contributed by atoms with E-state index < -0.39 is 22.7 Å². The standard InChI is InChI=1S/C12H16N2O5S/c1-12(2,3)19-11(16)13(4)8(7-15)9-5-6-10(20-9)14(17)18/h5-8H,1-4H3. The summed E-state index contributed by atoms with van der Waals surface area (Å²) in [5.74, 6) is 0. The first-order valence-corrected chi connectivity index (χ1v) is 6.62. The lowest BCUT2D eigenvalue weighted by molar-refractivity contribution is -0.380. The fraction of sp³-hybridized carbons (Fsp3) is 0.500. The van der Waals surface area contributed by atoms with E-state index in [4.69, 9.17) is 4.74 Å². The predicted octanol–water partition coefficient (Wildman–Crippen LogP) is 2.76. The number of rotatable bonds is 4. The number of carbonyl (C=O) groups is 2. The Labute approximate surface area is 120 Å². The maximum absolute atomic E-state index is 11.9. The van der Waals surface area contributed by atoms with Gasteiger partial charge < -0.3 is 9.53 Å². The van der Waals surface area contributed by atoms with Crippen LogP contribution < -0.4 is 0 Å². The van der Waals surface area contributed by atoms with E-state index in [0.29, 0.717) is 11.2 Å². The van der Waals surface area contributed by atoms with Gasteiger partial charge in [-0.05, 0) is 26.8 Å². The number of hydrogen-bond donors (Lipinski definition) is 0. The lowest BCUT2D eigenvalue weighted by atomic mass is 10.2. The SMILES string of the molecule is CN(C(=O)OC(C)(C)C)C(C=O)c1ccc([N+](=O)[O-])s1. The highest BCUT2D eigenvalue weighted by atomic mass is 32.1. The summed E-state index contributed by atoms with van der Waals surface area (Å²) in [7, 11) is 1.42. The number of amides is 1. The quantitative estimate of drug-likeness (QED) is 0.484. The van der Waals surface area contributed by atoms with Gasteiger partial charge in [0.2, 0.25) is 0 Å². The van der Waals surface area contributed by atoms with Gasteiger partial charge in [0.1, 0.15) is 17.9 Å². The molecule has 0 saturated carbocycles. The normalized spacial score (nSPS) is 12.6. The van der Waals surface area contributed by atoms with Gasteiger partial charge in [-0.3, -0.25) is 15.0 Å². The molecule has 7 nitrogen and oxygen atoms in total. The van der Waals surface area contributed by atoms with Gasteiger partial charge in [-0.2, -0.15) is 0 Å². The lowest BCUT2D eigenvalue weighted by Crippen LogP contribution is -2.37. The van der Waals surface area contributed by atoms with Crippen molar-refractivity contribution in [2.45, 2.75) is 32.4 Å². The number of nitrogens with zero attached hydrogens (tertiary/aromatic N) is 2. The minimum Gasteiger partial charge on any atom is -0.444 e. The molecule has 1 heterocycles. The number of ether oxygens (including phenoxy) is 1. The average molecular weight is 300 g/mol. The first-order valence-electron chi connectivity index (χ1n) is 5.81. The second-order valence-electron chi connectivity index (χ2n) is 5.11. The minimum atomic E-state index is -0.899. The van der Waals surface area contributed by atoms with E-state index in [9.17, 15) is 19.7 Å². The van der Waals surface area contributed by atoms with Crippen LogP contribution in [0.2, 0.25) is 0 Å². The van der Waals surface area contributed by atoms with Crippen LogP contribution in [0.3, 0.4) is 0 Å². The van der Waals surface area contributed by atoms with E-state index in [1.807, 2.05) is 0 Å². The van der Waals surface area contributed by atoms with Crippen LogP contribution in [0, 0.1) is 10.1 Å². The summed E-state index contributed by atoms with van der Waals surface area (Å²) in [6.07, 6.45) is -0.106. The van der Waals surface area contributed by atoms with Crippen LogP contribution >= 0.6 is 11.3 Å². The highest BCUT2D eigenvalue weighted by Gasteiger charge is 2.28. The summed E-state index contributed by atoms with van der Waals surface area (Å²) >= 11 is 0.858. The van der Waals surface area contributed by atoms with Crippen molar-refractivity contribution < 1.29 is 19.2 Å². The highest BCUT2D eigenvalue weighted by Crippen LogP contribution is 2.31. The Bertz CT molecular complexity index is 520. The van der Waals surface area contributed by atoms with Crippen molar-refractivity contribution in [3.05, 3.63) is 27.1 Å². The van der Waals surface area contributed by atoms with Crippen molar-refractivity contribution >= 4 is 28.7 Å². The third kappa shape index (κ3) is 4.02. The predicted molar refractivity (Wildman–Crippen MR) is 73.8 cm³/mol. The Morgan fingerprint density at radius 3 is 2.50 bits per heavy atom. The average Bonchev–Trinajstić information content (AvgIpc) is 2.77. The van der Waals surface area contributed by atoms with Gasteiger partial charge in [0.05, 0.1) is 4.92 Å². The molecule has 0 saturated heterocycles. The molecule has 0 aliphatic rings. The van der Waals surface area contributed by atoms with Crippen molar-refractivity contribution in [1.82, 2.24) is 4.90 Å². The van der Waals surface area contributed by atoms with Crippen molar-refractivity contribution in [2.75, 3.05) is 7.05 Å². The Balaban J connectivity index is 2.91. The Hall–Kier alpha value is -1.96. The molecule has 0 radical (unpaired) electrons. The number of thiophene rings is 1. The molecule has 1 rings (SSSR count). The number of likely N-dealkylation sites (N-methyl/N-ethyl adjacent to an activating group) is 1. The van der Waals surface area contributed by atoms with Crippen molar-refractivity contribution in [1.29, 1.82) is 0 Å². The fourth-order valence-electron chi connectivity index (χ4n) is 1.40. The van der Waals surface area contributed by atoms with E-state index in [0.717, 1.165) is 16.2 Å². The van der Waals surface area contributed by atoms with Crippen LogP contribution in [0.5, 0.6) is 0 Å². The van der Waals surface area contributed by atoms with Crippen molar-refractivity contribution in [3.63, 3.8) is 0 Å². The number of aldehydes is 1. The summed E-state index contributed by atoms with van der Waals surface area (Å²) in [5, 5.41) is 10.6. The largest absolute Gasteiger partial charge is 0.444 e. The number of nitro groups is 1. The third-order valence-electron chi connectivity index (χ3n) is 2.31. The van der Waals surface area contributed by atoms with Crippen molar-refractivity contribution in [2.24, 2.45) is 0 Å². The molecule has 0 N–H and O–H groups in total. The van der Waals surface area contributed by atoms with E-state index in [1.165, 1.54) is 19.2 Å². The van der Waals surface area contributed by atoms with Crippen LogP contribution in [-0.2, 0) is 9.53 Å². The zero-order valence-electron chi connectivity index (χ0n) is 11.7. The molecule has 20 heavy (non-hydrogen) atoms. The smallest absolute Gasteiger partial charge is 0.410 e. The van der Waals surface area contributed by atoms with Gasteiger partial charge in [-0.25, -0.2) is 4.79 Å². The second-order valence-corrected chi connectivity index (χ2v) is 6.20. The molecule has 1 atom stereocenters. The molecular weight excluding hydrogens is 284 g/mol. The van der Waals surface area contributed by atoms with Gasteiger partial charge >= 0.3 is 11.1 Å². The van der Waals surface area contributed by atoms with Crippen LogP contribution in [0.4, 0.5) is 9.80 Å². The molecule has 0 fully saturated rings. The van der Waals surface area contributed by atoms with E-state index >= 15 is 0 Å². The summed E-state index contributed by atoms with van der Waals surface area (Å²) in [6.45, 7) is 5.14. The second kappa shape index (κ2) is 6.00. The summed E-state index contributed by atoms with van der Waals surface area (Å²) < 4.78 is 5.16. The molecule has 8 heteroatoms. The Morgan fingerprint density at radius 2 is 2.10 bits per heavy atom. The maximum atomic E-state index is 11.9. The monoisotopic (exact) mass is 300 g/mol. The molecule has 1 unspecified atom stereocenters. The topological polar surface area (TPSA) is 89.8 Å². The lowest BCUT2D eigenvalue weighted by Gasteiger charge is -2.27. The molecule has 0 aliphatic carbocycles. The third-order valence-corrected chi connectivity index (χ3v) is 3.42. The first-order chi connectivity index (χ1) is 9.15. The van der Waals surface area contributed by atoms with Crippen LogP contribution in [0.15, 0.2) is 12.1 Å². The maximum Gasteiger partial charge on any atom is 0.410 e. The summed E-state index contributed by atoms with van der Waals surface area (Å²) in [6, 6.07) is 1.87. The van der Waals surface area contributed by atoms with Crippen LogP contribution in [0.1, 0.15) is 31.7 Å². The minimum absolute atomic E-state index is 0.0792. The molecule has 1 amide bonds. The van der Waals surface area contributed by atoms with E-state index in [-0.39, 0.29) is 5.00 Å². The van der Waals surface area contributed by atoms with Gasteiger partial charge in [-0.1, -0.05) is 11.3 Å². The molecule has 1 aromatic rings. The molecular formula is C12H16N2O5S. The zero-order valence-corrected chi connectivity index (χ0v) is 12.5. The van der Waals surface area contributed by atoms with Gasteiger partial charge in [0, 0.05) is 18.0 Å². The first kappa shape index (κ1) is 16.1. The van der Waals surface area contributed by atoms with E-state index in [1.54, 1.807) is 20.8 Å². The summed E-state index contributed by atoms with van der Waals surface area (Å²) in [4.78, 5) is 34.7. The molecule has 110 valence electrons. The van der Waals surface area contributed by atoms with Gasteiger partial charge in [0.15, 0.2) is 0 Å². The molecule has 0 aliphatic heterocycles. The number of carbonyl (C=O) groups excluding carboxylic acids is 2. The van der Waals surface area contributed by atoms with Crippen LogP contribution in [-0.4, -0.2) is 34.9 Å².